The molecule has 172 valence electrons. The second kappa shape index (κ2) is 9.58. The topological polar surface area (TPSA) is 89.7 Å². The standard InChI is InChI=1S/C24H29N7O2/c1-32-20-14-18-19(15-21(20)33-2)27-24(26-10-7-13-30-11-4-3-5-12-30)31-23(18)28-22(29-31)17-8-6-9-25-16-17/h6,8-9,14-16H,3-5,7,10-13H2,1-2H3,(H,26,27). The van der Waals surface area contributed by atoms with Crippen molar-refractivity contribution in [3.63, 3.8) is 0 Å². The lowest BCUT2D eigenvalue weighted by atomic mass is 10.1. The molecular formula is C24H29N7O2. The lowest BCUT2D eigenvalue weighted by molar-refractivity contribution is 0.228. The first-order valence-electron chi connectivity index (χ1n) is 11.5. The number of nitrogens with zero attached hydrogens (tertiary/aromatic N) is 6. The molecule has 33 heavy (non-hydrogen) atoms. The summed E-state index contributed by atoms with van der Waals surface area (Å²) in [5.41, 5.74) is 2.33. The molecule has 9 heteroatoms. The van der Waals surface area contributed by atoms with Gasteiger partial charge in [0.1, 0.15) is 0 Å². The third kappa shape index (κ3) is 4.41. The number of anilines is 1. The van der Waals surface area contributed by atoms with E-state index in [0.717, 1.165) is 36.0 Å². The van der Waals surface area contributed by atoms with Gasteiger partial charge in [0.05, 0.1) is 19.7 Å². The maximum absolute atomic E-state index is 5.51. The summed E-state index contributed by atoms with van der Waals surface area (Å²) in [4.78, 5) is 16.4. The highest BCUT2D eigenvalue weighted by atomic mass is 16.5. The summed E-state index contributed by atoms with van der Waals surface area (Å²) in [6.45, 7) is 4.31. The fraction of sp³-hybridized carbons (Fsp3) is 0.417. The van der Waals surface area contributed by atoms with Crippen molar-refractivity contribution in [1.29, 1.82) is 0 Å². The minimum atomic E-state index is 0.601. The Morgan fingerprint density at radius 1 is 1.03 bits per heavy atom. The van der Waals surface area contributed by atoms with Crippen LogP contribution in [-0.4, -0.2) is 69.9 Å². The van der Waals surface area contributed by atoms with Crippen molar-refractivity contribution in [3.8, 4) is 22.9 Å². The summed E-state index contributed by atoms with van der Waals surface area (Å²) < 4.78 is 12.8. The van der Waals surface area contributed by atoms with Crippen molar-refractivity contribution in [1.82, 2.24) is 29.5 Å². The Kier molecular flexibility index (Phi) is 6.21. The van der Waals surface area contributed by atoms with E-state index in [-0.39, 0.29) is 0 Å². The molecule has 0 saturated carbocycles. The quantitative estimate of drug-likeness (QED) is 0.410. The zero-order valence-corrected chi connectivity index (χ0v) is 19.1. The molecule has 9 nitrogen and oxygen atoms in total. The van der Waals surface area contributed by atoms with Crippen molar-refractivity contribution >= 4 is 22.5 Å². The van der Waals surface area contributed by atoms with Crippen LogP contribution >= 0.6 is 0 Å². The highest BCUT2D eigenvalue weighted by molar-refractivity contribution is 5.95. The predicted octanol–water partition coefficient (Wildman–Crippen LogP) is 3.64. The molecule has 0 unspecified atom stereocenters. The molecule has 1 aliphatic heterocycles. The van der Waals surface area contributed by atoms with E-state index in [1.165, 1.54) is 32.4 Å². The van der Waals surface area contributed by atoms with Crippen LogP contribution in [0, 0.1) is 0 Å². The third-order valence-corrected chi connectivity index (χ3v) is 6.08. The Balaban J connectivity index is 1.50. The highest BCUT2D eigenvalue weighted by Gasteiger charge is 2.18. The number of aromatic nitrogens is 5. The van der Waals surface area contributed by atoms with Crippen LogP contribution in [0.4, 0.5) is 5.95 Å². The third-order valence-electron chi connectivity index (χ3n) is 6.08. The van der Waals surface area contributed by atoms with Gasteiger partial charge in [-0.15, -0.1) is 5.10 Å². The van der Waals surface area contributed by atoms with E-state index in [4.69, 9.17) is 24.5 Å². The normalized spacial score (nSPS) is 14.6. The average Bonchev–Trinajstić information content (AvgIpc) is 3.33. The lowest BCUT2D eigenvalue weighted by Crippen LogP contribution is -2.31. The Bertz CT molecular complexity index is 1240. The van der Waals surface area contributed by atoms with Crippen LogP contribution in [0.25, 0.3) is 27.9 Å². The van der Waals surface area contributed by atoms with Crippen molar-refractivity contribution < 1.29 is 9.47 Å². The minimum absolute atomic E-state index is 0.601. The number of nitrogens with one attached hydrogen (secondary N) is 1. The number of pyridine rings is 1. The van der Waals surface area contributed by atoms with Gasteiger partial charge in [-0.3, -0.25) is 4.98 Å². The maximum atomic E-state index is 5.51. The molecule has 5 rings (SSSR count). The maximum Gasteiger partial charge on any atom is 0.226 e. The van der Waals surface area contributed by atoms with E-state index in [9.17, 15) is 0 Å². The van der Waals surface area contributed by atoms with E-state index in [1.54, 1.807) is 31.1 Å². The monoisotopic (exact) mass is 447 g/mol. The molecule has 0 atom stereocenters. The van der Waals surface area contributed by atoms with E-state index in [1.807, 2.05) is 24.3 Å². The SMILES string of the molecule is COc1cc2nc(NCCCN3CCCCC3)n3nc(-c4cccnc4)nc3c2cc1OC. The van der Waals surface area contributed by atoms with E-state index in [2.05, 4.69) is 15.2 Å². The molecule has 3 aromatic heterocycles. The molecule has 0 amide bonds. The molecule has 1 N–H and O–H groups in total. The molecule has 0 spiro atoms. The van der Waals surface area contributed by atoms with Gasteiger partial charge in [0.2, 0.25) is 5.95 Å². The number of hydrogen-bond donors (Lipinski definition) is 1. The average molecular weight is 448 g/mol. The van der Waals surface area contributed by atoms with E-state index < -0.39 is 0 Å². The van der Waals surface area contributed by atoms with Crippen LogP contribution in [0.1, 0.15) is 25.7 Å². The van der Waals surface area contributed by atoms with Gasteiger partial charge >= 0.3 is 0 Å². The second-order valence-electron chi connectivity index (χ2n) is 8.25. The molecule has 1 aliphatic rings. The molecule has 1 aromatic carbocycles. The second-order valence-corrected chi connectivity index (χ2v) is 8.25. The minimum Gasteiger partial charge on any atom is -0.493 e. The van der Waals surface area contributed by atoms with Crippen molar-refractivity contribution in [2.75, 3.05) is 45.7 Å². The molecule has 4 heterocycles. The molecule has 1 fully saturated rings. The number of rotatable bonds is 8. The first-order chi connectivity index (χ1) is 16.3. The first kappa shape index (κ1) is 21.4. The highest BCUT2D eigenvalue weighted by Crippen LogP contribution is 2.34. The summed E-state index contributed by atoms with van der Waals surface area (Å²) in [6, 6.07) is 7.61. The van der Waals surface area contributed by atoms with Crippen molar-refractivity contribution in [2.24, 2.45) is 0 Å². The summed E-state index contributed by atoms with van der Waals surface area (Å²) in [5.74, 6) is 2.52. The van der Waals surface area contributed by atoms with Gasteiger partial charge in [0, 0.05) is 36.0 Å². The summed E-state index contributed by atoms with van der Waals surface area (Å²) >= 11 is 0. The number of likely N-dealkylation sites (tertiary alicyclic amines) is 1. The first-order valence-corrected chi connectivity index (χ1v) is 11.5. The van der Waals surface area contributed by atoms with E-state index in [0.29, 0.717) is 28.9 Å². The fourth-order valence-corrected chi connectivity index (χ4v) is 4.35. The van der Waals surface area contributed by atoms with Crippen LogP contribution in [0.15, 0.2) is 36.7 Å². The molecular weight excluding hydrogens is 418 g/mol. The van der Waals surface area contributed by atoms with Gasteiger partial charge in [0.15, 0.2) is 23.0 Å². The van der Waals surface area contributed by atoms with Crippen molar-refractivity contribution in [2.45, 2.75) is 25.7 Å². The van der Waals surface area contributed by atoms with Gasteiger partial charge in [-0.25, -0.2) is 9.97 Å². The van der Waals surface area contributed by atoms with Crippen LogP contribution in [0.5, 0.6) is 11.5 Å². The van der Waals surface area contributed by atoms with Crippen LogP contribution < -0.4 is 14.8 Å². The molecule has 0 bridgehead atoms. The molecule has 0 radical (unpaired) electrons. The van der Waals surface area contributed by atoms with Gasteiger partial charge in [-0.2, -0.15) is 4.52 Å². The summed E-state index contributed by atoms with van der Waals surface area (Å²) in [7, 11) is 3.25. The van der Waals surface area contributed by atoms with Gasteiger partial charge in [-0.1, -0.05) is 6.42 Å². The van der Waals surface area contributed by atoms with Crippen LogP contribution in [0.3, 0.4) is 0 Å². The Morgan fingerprint density at radius 3 is 2.61 bits per heavy atom. The number of methoxy groups -OCH3 is 2. The molecule has 4 aromatic rings. The number of benzene rings is 1. The summed E-state index contributed by atoms with van der Waals surface area (Å²) in [6.07, 6.45) is 8.51. The Hall–Kier alpha value is -3.46. The van der Waals surface area contributed by atoms with Crippen molar-refractivity contribution in [3.05, 3.63) is 36.7 Å². The number of piperidine rings is 1. The Morgan fingerprint density at radius 2 is 1.85 bits per heavy atom. The number of fused-ring (bicyclic) bond motifs is 3. The predicted molar refractivity (Wildman–Crippen MR) is 128 cm³/mol. The van der Waals surface area contributed by atoms with Crippen LogP contribution in [-0.2, 0) is 0 Å². The fourth-order valence-electron chi connectivity index (χ4n) is 4.35. The summed E-state index contributed by atoms with van der Waals surface area (Å²) in [5, 5.41) is 9.08. The zero-order valence-electron chi connectivity index (χ0n) is 19.1. The largest absolute Gasteiger partial charge is 0.493 e. The smallest absolute Gasteiger partial charge is 0.226 e. The molecule has 1 saturated heterocycles. The van der Waals surface area contributed by atoms with Gasteiger partial charge in [-0.05, 0) is 57.1 Å². The van der Waals surface area contributed by atoms with E-state index >= 15 is 0 Å². The number of ether oxygens (including phenoxy) is 2. The zero-order chi connectivity index (χ0) is 22.6. The van der Waals surface area contributed by atoms with Gasteiger partial charge in [0.25, 0.3) is 0 Å². The van der Waals surface area contributed by atoms with Gasteiger partial charge < -0.3 is 19.7 Å². The molecule has 0 aliphatic carbocycles. The lowest BCUT2D eigenvalue weighted by Gasteiger charge is -2.26. The number of hydrogen-bond acceptors (Lipinski definition) is 8. The Labute approximate surface area is 192 Å². The van der Waals surface area contributed by atoms with Crippen LogP contribution in [0.2, 0.25) is 0 Å².